The van der Waals surface area contributed by atoms with E-state index in [1.807, 2.05) is 6.07 Å². The molecule has 1 fully saturated rings. The van der Waals surface area contributed by atoms with Gasteiger partial charge in [0, 0.05) is 17.6 Å². The molecule has 1 aliphatic rings. The molecule has 1 saturated carbocycles. The van der Waals surface area contributed by atoms with Crippen molar-refractivity contribution in [3.63, 3.8) is 0 Å². The van der Waals surface area contributed by atoms with E-state index in [-0.39, 0.29) is 0 Å². The van der Waals surface area contributed by atoms with Crippen molar-refractivity contribution in [3.05, 3.63) is 34.9 Å². The molecule has 0 saturated heterocycles. The van der Waals surface area contributed by atoms with Gasteiger partial charge in [-0.1, -0.05) is 37.1 Å². The van der Waals surface area contributed by atoms with Gasteiger partial charge in [-0.15, -0.1) is 0 Å². The van der Waals surface area contributed by atoms with Gasteiger partial charge in [-0.05, 0) is 69.4 Å². The Kier molecular flexibility index (Phi) is 7.01. The molecule has 1 N–H and O–H groups in total. The van der Waals surface area contributed by atoms with Crippen molar-refractivity contribution in [1.29, 1.82) is 0 Å². The third-order valence-corrected chi connectivity index (χ3v) is 4.72. The zero-order valence-corrected chi connectivity index (χ0v) is 14.2. The van der Waals surface area contributed by atoms with Gasteiger partial charge >= 0.3 is 0 Å². The molecule has 1 aromatic rings. The first-order chi connectivity index (χ1) is 10.2. The fourth-order valence-corrected chi connectivity index (χ4v) is 3.18. The molecule has 1 aliphatic carbocycles. The molecule has 2 rings (SSSR count). The topological polar surface area (TPSA) is 15.3 Å². The summed E-state index contributed by atoms with van der Waals surface area (Å²) < 4.78 is 0. The van der Waals surface area contributed by atoms with E-state index in [1.165, 1.54) is 31.4 Å². The van der Waals surface area contributed by atoms with Crippen LogP contribution in [0.2, 0.25) is 5.02 Å². The number of nitrogens with one attached hydrogen (secondary N) is 1. The SMILES string of the molecule is CCCNC(CCN(C)CC1CCC1)c1cccc(Cl)c1. The van der Waals surface area contributed by atoms with E-state index in [0.717, 1.165) is 36.9 Å². The van der Waals surface area contributed by atoms with E-state index in [2.05, 4.69) is 42.4 Å². The van der Waals surface area contributed by atoms with Crippen molar-refractivity contribution < 1.29 is 0 Å². The van der Waals surface area contributed by atoms with Crippen LogP contribution in [-0.2, 0) is 0 Å². The van der Waals surface area contributed by atoms with Crippen LogP contribution >= 0.6 is 11.6 Å². The first-order valence-electron chi connectivity index (χ1n) is 8.36. The van der Waals surface area contributed by atoms with Crippen molar-refractivity contribution in [2.75, 3.05) is 26.7 Å². The third-order valence-electron chi connectivity index (χ3n) is 4.49. The summed E-state index contributed by atoms with van der Waals surface area (Å²) in [6.07, 6.45) is 6.59. The summed E-state index contributed by atoms with van der Waals surface area (Å²) in [7, 11) is 2.26. The maximum atomic E-state index is 6.14. The normalized spacial score (nSPS) is 17.0. The van der Waals surface area contributed by atoms with E-state index in [9.17, 15) is 0 Å². The van der Waals surface area contributed by atoms with Gasteiger partial charge in [0.1, 0.15) is 0 Å². The maximum Gasteiger partial charge on any atom is 0.0409 e. The van der Waals surface area contributed by atoms with Crippen LogP contribution in [0.5, 0.6) is 0 Å². The van der Waals surface area contributed by atoms with Crippen LogP contribution in [-0.4, -0.2) is 31.6 Å². The highest BCUT2D eigenvalue weighted by atomic mass is 35.5. The minimum Gasteiger partial charge on any atom is -0.310 e. The lowest BCUT2D eigenvalue weighted by Gasteiger charge is -2.31. The Balaban J connectivity index is 1.86. The van der Waals surface area contributed by atoms with Crippen LogP contribution in [0, 0.1) is 5.92 Å². The highest BCUT2D eigenvalue weighted by Crippen LogP contribution is 2.27. The van der Waals surface area contributed by atoms with Gasteiger partial charge in [0.25, 0.3) is 0 Å². The van der Waals surface area contributed by atoms with E-state index < -0.39 is 0 Å². The fraction of sp³-hybridized carbons (Fsp3) is 0.667. The lowest BCUT2D eigenvalue weighted by atomic mass is 9.85. The average molecular weight is 309 g/mol. The molecule has 1 unspecified atom stereocenters. The standard InChI is InChI=1S/C18H29ClN2/c1-3-11-20-18(16-8-5-9-17(19)13-16)10-12-21(2)14-15-6-4-7-15/h5,8-9,13,15,18,20H,3-4,6-7,10-12,14H2,1-2H3. The Morgan fingerprint density at radius 3 is 2.81 bits per heavy atom. The Labute approximate surface area is 134 Å². The molecule has 0 heterocycles. The number of hydrogen-bond donors (Lipinski definition) is 1. The molecule has 1 atom stereocenters. The van der Waals surface area contributed by atoms with E-state index in [0.29, 0.717) is 6.04 Å². The highest BCUT2D eigenvalue weighted by molar-refractivity contribution is 6.30. The monoisotopic (exact) mass is 308 g/mol. The van der Waals surface area contributed by atoms with Crippen molar-refractivity contribution in [1.82, 2.24) is 10.2 Å². The van der Waals surface area contributed by atoms with Crippen LogP contribution in [0.1, 0.15) is 50.6 Å². The molecule has 3 heteroatoms. The van der Waals surface area contributed by atoms with Crippen LogP contribution in [0.4, 0.5) is 0 Å². The predicted molar refractivity (Wildman–Crippen MR) is 91.9 cm³/mol. The molecule has 0 aromatic heterocycles. The molecule has 2 nitrogen and oxygen atoms in total. The molecular formula is C18H29ClN2. The molecule has 0 amide bonds. The summed E-state index contributed by atoms with van der Waals surface area (Å²) >= 11 is 6.14. The van der Waals surface area contributed by atoms with Gasteiger partial charge in [-0.2, -0.15) is 0 Å². The third kappa shape index (κ3) is 5.61. The second-order valence-corrected chi connectivity index (χ2v) is 6.85. The van der Waals surface area contributed by atoms with Gasteiger partial charge in [0.15, 0.2) is 0 Å². The van der Waals surface area contributed by atoms with Crippen molar-refractivity contribution in [2.24, 2.45) is 5.92 Å². The van der Waals surface area contributed by atoms with Gasteiger partial charge in [-0.25, -0.2) is 0 Å². The van der Waals surface area contributed by atoms with E-state index in [4.69, 9.17) is 11.6 Å². The Bertz CT molecular complexity index is 417. The highest BCUT2D eigenvalue weighted by Gasteiger charge is 2.19. The molecule has 0 spiro atoms. The lowest BCUT2D eigenvalue weighted by molar-refractivity contribution is 0.199. The van der Waals surface area contributed by atoms with Gasteiger partial charge in [0.05, 0.1) is 0 Å². The first kappa shape index (κ1) is 16.8. The molecule has 118 valence electrons. The number of halogens is 1. The number of hydrogen-bond acceptors (Lipinski definition) is 2. The van der Waals surface area contributed by atoms with Crippen LogP contribution < -0.4 is 5.32 Å². The van der Waals surface area contributed by atoms with E-state index in [1.54, 1.807) is 0 Å². The molecule has 21 heavy (non-hydrogen) atoms. The van der Waals surface area contributed by atoms with E-state index >= 15 is 0 Å². The summed E-state index contributed by atoms with van der Waals surface area (Å²) in [4.78, 5) is 2.50. The first-order valence-corrected chi connectivity index (χ1v) is 8.74. The zero-order chi connectivity index (χ0) is 15.1. The number of rotatable bonds is 9. The smallest absolute Gasteiger partial charge is 0.0409 e. The average Bonchev–Trinajstić information content (AvgIpc) is 2.43. The largest absolute Gasteiger partial charge is 0.310 e. The maximum absolute atomic E-state index is 6.14. The Morgan fingerprint density at radius 2 is 2.19 bits per heavy atom. The second kappa shape index (κ2) is 8.77. The number of nitrogens with zero attached hydrogens (tertiary/aromatic N) is 1. The van der Waals surface area contributed by atoms with Gasteiger partial charge in [0.2, 0.25) is 0 Å². The summed E-state index contributed by atoms with van der Waals surface area (Å²) in [5, 5.41) is 4.50. The Hall–Kier alpha value is -0.570. The van der Waals surface area contributed by atoms with Crippen molar-refractivity contribution in [3.8, 4) is 0 Å². The summed E-state index contributed by atoms with van der Waals surface area (Å²) in [6, 6.07) is 8.69. The zero-order valence-electron chi connectivity index (χ0n) is 13.4. The van der Waals surface area contributed by atoms with Gasteiger partial charge < -0.3 is 10.2 Å². The molecular weight excluding hydrogens is 280 g/mol. The van der Waals surface area contributed by atoms with Crippen molar-refractivity contribution in [2.45, 2.75) is 45.1 Å². The minimum atomic E-state index is 0.410. The Morgan fingerprint density at radius 1 is 1.38 bits per heavy atom. The van der Waals surface area contributed by atoms with Crippen LogP contribution in [0.15, 0.2) is 24.3 Å². The van der Waals surface area contributed by atoms with Gasteiger partial charge in [-0.3, -0.25) is 0 Å². The molecule has 0 bridgehead atoms. The van der Waals surface area contributed by atoms with Crippen molar-refractivity contribution >= 4 is 11.6 Å². The lowest BCUT2D eigenvalue weighted by Crippen LogP contribution is -2.32. The second-order valence-electron chi connectivity index (χ2n) is 6.41. The summed E-state index contributed by atoms with van der Waals surface area (Å²) in [5.41, 5.74) is 1.31. The van der Waals surface area contributed by atoms with Crippen LogP contribution in [0.25, 0.3) is 0 Å². The minimum absolute atomic E-state index is 0.410. The summed E-state index contributed by atoms with van der Waals surface area (Å²) in [6.45, 7) is 5.68. The number of benzene rings is 1. The molecule has 0 radical (unpaired) electrons. The summed E-state index contributed by atoms with van der Waals surface area (Å²) in [5.74, 6) is 0.947. The molecule has 0 aliphatic heterocycles. The quantitative estimate of drug-likeness (QED) is 0.722. The predicted octanol–water partition coefficient (Wildman–Crippen LogP) is 4.50. The van der Waals surface area contributed by atoms with Crippen LogP contribution in [0.3, 0.4) is 0 Å². The fourth-order valence-electron chi connectivity index (χ4n) is 2.99. The molecule has 1 aromatic carbocycles.